The van der Waals surface area contributed by atoms with Gasteiger partial charge in [-0.25, -0.2) is 5.10 Å². The number of rotatable bonds is 4. The van der Waals surface area contributed by atoms with Crippen molar-refractivity contribution in [2.75, 3.05) is 13.1 Å². The first kappa shape index (κ1) is 14.9. The summed E-state index contributed by atoms with van der Waals surface area (Å²) >= 11 is 1.82. The highest BCUT2D eigenvalue weighted by Gasteiger charge is 2.21. The van der Waals surface area contributed by atoms with Crippen LogP contribution in [-0.2, 0) is 13.0 Å². The molecule has 22 heavy (non-hydrogen) atoms. The quantitative estimate of drug-likeness (QED) is 0.882. The summed E-state index contributed by atoms with van der Waals surface area (Å²) < 4.78 is 0. The first-order valence-corrected chi connectivity index (χ1v) is 8.14. The summed E-state index contributed by atoms with van der Waals surface area (Å²) in [5, 5.41) is 11.0. The number of amides is 1. The first-order valence-electron chi connectivity index (χ1n) is 7.26. The SMILES string of the molecule is C[C@H](CNC(=O)c1ccc(=O)[nH]n1)N1CCc2sccc2C1. The van der Waals surface area contributed by atoms with Crippen molar-refractivity contribution in [3.63, 3.8) is 0 Å². The van der Waals surface area contributed by atoms with Crippen LogP contribution in [0.3, 0.4) is 0 Å². The van der Waals surface area contributed by atoms with E-state index >= 15 is 0 Å². The number of nitrogens with one attached hydrogen (secondary N) is 2. The van der Waals surface area contributed by atoms with Crippen LogP contribution in [0.25, 0.3) is 0 Å². The number of hydrogen-bond donors (Lipinski definition) is 2. The molecule has 2 aromatic heterocycles. The van der Waals surface area contributed by atoms with Gasteiger partial charge in [0.05, 0.1) is 0 Å². The Balaban J connectivity index is 1.54. The van der Waals surface area contributed by atoms with E-state index in [0.29, 0.717) is 6.54 Å². The molecule has 3 rings (SSSR count). The van der Waals surface area contributed by atoms with Crippen molar-refractivity contribution in [2.45, 2.75) is 25.9 Å². The zero-order chi connectivity index (χ0) is 15.5. The van der Waals surface area contributed by atoms with Gasteiger partial charge in [-0.1, -0.05) is 0 Å². The number of thiophene rings is 1. The highest BCUT2D eigenvalue weighted by Crippen LogP contribution is 2.24. The van der Waals surface area contributed by atoms with Gasteiger partial charge in [0.15, 0.2) is 0 Å². The maximum atomic E-state index is 12.0. The van der Waals surface area contributed by atoms with E-state index < -0.39 is 0 Å². The number of carbonyl (C=O) groups excluding carboxylic acids is 1. The Morgan fingerprint density at radius 2 is 2.36 bits per heavy atom. The van der Waals surface area contributed by atoms with Crippen LogP contribution in [0.2, 0.25) is 0 Å². The van der Waals surface area contributed by atoms with E-state index in [9.17, 15) is 9.59 Å². The normalized spacial score (nSPS) is 16.0. The smallest absolute Gasteiger partial charge is 0.271 e. The molecule has 2 aromatic rings. The highest BCUT2D eigenvalue weighted by molar-refractivity contribution is 7.10. The Kier molecular flexibility index (Phi) is 4.35. The molecular weight excluding hydrogens is 300 g/mol. The van der Waals surface area contributed by atoms with Gasteiger partial charge in [-0.05, 0) is 36.4 Å². The van der Waals surface area contributed by atoms with Gasteiger partial charge in [0.25, 0.3) is 11.5 Å². The Bertz CT molecular complexity index is 704. The van der Waals surface area contributed by atoms with Crippen molar-refractivity contribution in [3.05, 3.63) is 50.1 Å². The van der Waals surface area contributed by atoms with E-state index in [1.165, 1.54) is 22.6 Å². The Morgan fingerprint density at radius 3 is 3.14 bits per heavy atom. The van der Waals surface area contributed by atoms with Crippen LogP contribution < -0.4 is 10.9 Å². The second kappa shape index (κ2) is 6.41. The first-order chi connectivity index (χ1) is 10.6. The van der Waals surface area contributed by atoms with E-state index in [1.807, 2.05) is 11.3 Å². The lowest BCUT2D eigenvalue weighted by Gasteiger charge is -2.32. The molecule has 1 aliphatic rings. The summed E-state index contributed by atoms with van der Waals surface area (Å²) in [4.78, 5) is 26.8. The molecule has 0 fully saturated rings. The molecule has 1 amide bonds. The van der Waals surface area contributed by atoms with Crippen LogP contribution in [0.5, 0.6) is 0 Å². The summed E-state index contributed by atoms with van der Waals surface area (Å²) in [7, 11) is 0. The molecular formula is C15H18N4O2S. The maximum absolute atomic E-state index is 12.0. The molecule has 0 bridgehead atoms. The fourth-order valence-electron chi connectivity index (χ4n) is 2.58. The lowest BCUT2D eigenvalue weighted by Crippen LogP contribution is -2.44. The molecule has 6 nitrogen and oxygen atoms in total. The largest absolute Gasteiger partial charge is 0.349 e. The minimum Gasteiger partial charge on any atom is -0.349 e. The molecule has 0 aromatic carbocycles. The fourth-order valence-corrected chi connectivity index (χ4v) is 3.47. The number of hydrogen-bond acceptors (Lipinski definition) is 5. The van der Waals surface area contributed by atoms with Crippen LogP contribution in [0, 0.1) is 0 Å². The van der Waals surface area contributed by atoms with Gasteiger partial charge in [0.1, 0.15) is 5.69 Å². The average Bonchev–Trinajstić information content (AvgIpc) is 3.00. The number of H-pyrrole nitrogens is 1. The topological polar surface area (TPSA) is 78.1 Å². The number of fused-ring (bicyclic) bond motifs is 1. The molecule has 0 saturated carbocycles. The zero-order valence-corrected chi connectivity index (χ0v) is 13.2. The van der Waals surface area contributed by atoms with Gasteiger partial charge in [-0.15, -0.1) is 11.3 Å². The van der Waals surface area contributed by atoms with Gasteiger partial charge >= 0.3 is 0 Å². The molecule has 7 heteroatoms. The molecule has 3 heterocycles. The Morgan fingerprint density at radius 1 is 1.50 bits per heavy atom. The van der Waals surface area contributed by atoms with Crippen LogP contribution in [0.1, 0.15) is 27.9 Å². The fraction of sp³-hybridized carbons (Fsp3) is 0.400. The second-order valence-electron chi connectivity index (χ2n) is 5.45. The van der Waals surface area contributed by atoms with E-state index in [1.54, 1.807) is 0 Å². The summed E-state index contributed by atoms with van der Waals surface area (Å²) in [6, 6.07) is 5.16. The number of aromatic nitrogens is 2. The summed E-state index contributed by atoms with van der Waals surface area (Å²) in [5.74, 6) is -0.267. The predicted octanol–water partition coefficient (Wildman–Crippen LogP) is 1.01. The van der Waals surface area contributed by atoms with Gasteiger partial charge < -0.3 is 5.32 Å². The molecule has 0 unspecified atom stereocenters. The van der Waals surface area contributed by atoms with E-state index in [0.717, 1.165) is 19.5 Å². The van der Waals surface area contributed by atoms with Gasteiger partial charge in [0.2, 0.25) is 0 Å². The van der Waals surface area contributed by atoms with E-state index in [2.05, 4.69) is 38.8 Å². The van der Waals surface area contributed by atoms with Crippen LogP contribution in [-0.4, -0.2) is 40.1 Å². The Labute approximate surface area is 132 Å². The van der Waals surface area contributed by atoms with Crippen LogP contribution >= 0.6 is 11.3 Å². The monoisotopic (exact) mass is 318 g/mol. The number of aromatic amines is 1. The van der Waals surface area contributed by atoms with Crippen molar-refractivity contribution in [1.82, 2.24) is 20.4 Å². The number of nitrogens with zero attached hydrogens (tertiary/aromatic N) is 2. The van der Waals surface area contributed by atoms with Crippen molar-refractivity contribution in [3.8, 4) is 0 Å². The highest BCUT2D eigenvalue weighted by atomic mass is 32.1. The van der Waals surface area contributed by atoms with Crippen molar-refractivity contribution < 1.29 is 4.79 Å². The summed E-state index contributed by atoms with van der Waals surface area (Å²) in [6.45, 7) is 4.62. The van der Waals surface area contributed by atoms with E-state index in [4.69, 9.17) is 0 Å². The van der Waals surface area contributed by atoms with E-state index in [-0.39, 0.29) is 23.2 Å². The van der Waals surface area contributed by atoms with Crippen molar-refractivity contribution in [2.24, 2.45) is 0 Å². The summed E-state index contributed by atoms with van der Waals surface area (Å²) in [6.07, 6.45) is 1.08. The third-order valence-corrected chi connectivity index (χ3v) is 4.95. The molecule has 1 atom stereocenters. The van der Waals surface area contributed by atoms with Crippen molar-refractivity contribution in [1.29, 1.82) is 0 Å². The maximum Gasteiger partial charge on any atom is 0.271 e. The minimum atomic E-state index is -0.315. The van der Waals surface area contributed by atoms with Crippen LogP contribution in [0.15, 0.2) is 28.4 Å². The van der Waals surface area contributed by atoms with Gasteiger partial charge in [-0.3, -0.25) is 14.5 Å². The molecule has 0 radical (unpaired) electrons. The standard InChI is InChI=1S/C15H18N4O2S/c1-10(19-6-4-13-11(9-19)5-7-22-13)8-16-15(21)12-2-3-14(20)18-17-12/h2-3,5,7,10H,4,6,8-9H2,1H3,(H,16,21)(H,18,20)/t10-/m1/s1. The molecule has 116 valence electrons. The average molecular weight is 318 g/mol. The predicted molar refractivity (Wildman–Crippen MR) is 85.1 cm³/mol. The Hall–Kier alpha value is -1.99. The molecule has 0 saturated heterocycles. The van der Waals surface area contributed by atoms with Gasteiger partial charge in [-0.2, -0.15) is 5.10 Å². The number of carbonyl (C=O) groups is 1. The lowest BCUT2D eigenvalue weighted by molar-refractivity contribution is 0.0926. The zero-order valence-electron chi connectivity index (χ0n) is 12.3. The molecule has 2 N–H and O–H groups in total. The molecule has 0 spiro atoms. The van der Waals surface area contributed by atoms with Crippen LogP contribution in [0.4, 0.5) is 0 Å². The van der Waals surface area contributed by atoms with Gasteiger partial charge in [0, 0.05) is 36.6 Å². The molecule has 0 aliphatic carbocycles. The van der Waals surface area contributed by atoms with Crippen molar-refractivity contribution >= 4 is 17.2 Å². The second-order valence-corrected chi connectivity index (χ2v) is 6.46. The molecule has 1 aliphatic heterocycles. The lowest BCUT2D eigenvalue weighted by atomic mass is 10.1. The third-order valence-electron chi connectivity index (χ3n) is 3.93. The minimum absolute atomic E-state index is 0.227. The third kappa shape index (κ3) is 3.26. The summed E-state index contributed by atoms with van der Waals surface area (Å²) in [5.41, 5.74) is 1.31.